The number of ether oxygens (including phenoxy) is 2. The Bertz CT molecular complexity index is 674. The molecular weight excluding hydrogens is 334 g/mol. The molecule has 1 heterocycles. The molecule has 3 atom stereocenters. The minimum Gasteiger partial charge on any atom is -0.493 e. The van der Waals surface area contributed by atoms with Crippen molar-refractivity contribution < 1.29 is 24.2 Å². The van der Waals surface area contributed by atoms with Gasteiger partial charge in [-0.2, -0.15) is 0 Å². The number of benzene rings is 1. The van der Waals surface area contributed by atoms with Gasteiger partial charge in [-0.05, 0) is 49.3 Å². The van der Waals surface area contributed by atoms with Gasteiger partial charge in [-0.15, -0.1) is 0 Å². The summed E-state index contributed by atoms with van der Waals surface area (Å²) < 4.78 is 10.5. The number of fused-ring (bicyclic) bond motifs is 1. The number of carboxylic acid groups (broad SMARTS) is 1. The van der Waals surface area contributed by atoms with Crippen LogP contribution in [0.2, 0.25) is 0 Å². The van der Waals surface area contributed by atoms with Gasteiger partial charge in [-0.3, -0.25) is 4.79 Å². The fraction of sp³-hybridized carbons (Fsp3) is 0.600. The standard InChI is InChI=1S/C20H27NO5/c1-25-17-9-7-13(11-18(17)26-2)8-10-19(22)21-15-6-4-3-5-14(15)12-16(21)20(23)24/h7,9,11,14-16H,3-6,8,10,12H2,1-2H3,(H,23,24)/t14-,15+,16-/m0/s1. The van der Waals surface area contributed by atoms with Crippen molar-refractivity contribution in [3.8, 4) is 11.5 Å². The first-order chi connectivity index (χ1) is 12.5. The summed E-state index contributed by atoms with van der Waals surface area (Å²) in [4.78, 5) is 26.2. The lowest BCUT2D eigenvalue weighted by Gasteiger charge is -2.33. The highest BCUT2D eigenvalue weighted by molar-refractivity contribution is 5.85. The van der Waals surface area contributed by atoms with Crippen LogP contribution < -0.4 is 9.47 Å². The molecule has 3 rings (SSSR count). The Kier molecular flexibility index (Phi) is 5.69. The normalized spacial score (nSPS) is 24.8. The van der Waals surface area contributed by atoms with E-state index < -0.39 is 12.0 Å². The monoisotopic (exact) mass is 361 g/mol. The second-order valence-corrected chi connectivity index (χ2v) is 7.19. The maximum absolute atomic E-state index is 12.9. The average Bonchev–Trinajstić information content (AvgIpc) is 3.05. The van der Waals surface area contributed by atoms with Gasteiger partial charge >= 0.3 is 5.97 Å². The smallest absolute Gasteiger partial charge is 0.326 e. The molecule has 1 N–H and O–H groups in total. The van der Waals surface area contributed by atoms with Gasteiger partial charge in [0, 0.05) is 12.5 Å². The van der Waals surface area contributed by atoms with Crippen molar-refractivity contribution in [2.24, 2.45) is 5.92 Å². The molecule has 1 aliphatic heterocycles. The molecule has 0 radical (unpaired) electrons. The number of rotatable bonds is 6. The number of hydrogen-bond acceptors (Lipinski definition) is 4. The lowest BCUT2D eigenvalue weighted by Crippen LogP contribution is -2.46. The van der Waals surface area contributed by atoms with E-state index in [1.54, 1.807) is 19.1 Å². The number of likely N-dealkylation sites (tertiary alicyclic amines) is 1. The van der Waals surface area contributed by atoms with Crippen LogP contribution in [-0.4, -0.2) is 48.2 Å². The molecule has 1 saturated carbocycles. The molecule has 1 aromatic carbocycles. The van der Waals surface area contributed by atoms with E-state index in [2.05, 4.69) is 0 Å². The van der Waals surface area contributed by atoms with E-state index in [0.717, 1.165) is 31.2 Å². The van der Waals surface area contributed by atoms with Gasteiger partial charge in [0.1, 0.15) is 6.04 Å². The number of aryl methyl sites for hydroxylation is 1. The number of methoxy groups -OCH3 is 2. The van der Waals surface area contributed by atoms with Crippen LogP contribution >= 0.6 is 0 Å². The predicted molar refractivity (Wildman–Crippen MR) is 96.5 cm³/mol. The van der Waals surface area contributed by atoms with Crippen molar-refractivity contribution in [1.29, 1.82) is 0 Å². The summed E-state index contributed by atoms with van der Waals surface area (Å²) in [6.07, 6.45) is 5.64. The van der Waals surface area contributed by atoms with Gasteiger partial charge in [0.15, 0.2) is 11.5 Å². The molecule has 0 bridgehead atoms. The van der Waals surface area contributed by atoms with E-state index in [0.29, 0.717) is 36.7 Å². The largest absolute Gasteiger partial charge is 0.493 e. The zero-order chi connectivity index (χ0) is 18.7. The number of nitrogens with zero attached hydrogens (tertiary/aromatic N) is 1. The van der Waals surface area contributed by atoms with Gasteiger partial charge in [-0.25, -0.2) is 4.79 Å². The summed E-state index contributed by atoms with van der Waals surface area (Å²) in [6, 6.07) is 5.04. The molecule has 0 spiro atoms. The fourth-order valence-corrected chi connectivity index (χ4v) is 4.46. The topological polar surface area (TPSA) is 76.1 Å². The van der Waals surface area contributed by atoms with Crippen molar-refractivity contribution in [3.63, 3.8) is 0 Å². The van der Waals surface area contributed by atoms with Crippen molar-refractivity contribution in [1.82, 2.24) is 4.90 Å². The van der Waals surface area contributed by atoms with Crippen LogP contribution in [-0.2, 0) is 16.0 Å². The first-order valence-electron chi connectivity index (χ1n) is 9.30. The third kappa shape index (κ3) is 3.64. The minimum absolute atomic E-state index is 0.0541. The molecular formula is C20H27NO5. The zero-order valence-corrected chi connectivity index (χ0v) is 15.4. The molecule has 1 aliphatic carbocycles. The molecule has 1 aromatic rings. The lowest BCUT2D eigenvalue weighted by molar-refractivity contribution is -0.149. The highest BCUT2D eigenvalue weighted by Gasteiger charge is 2.47. The highest BCUT2D eigenvalue weighted by atomic mass is 16.5. The van der Waals surface area contributed by atoms with Gasteiger partial charge in [0.25, 0.3) is 0 Å². The first kappa shape index (κ1) is 18.5. The van der Waals surface area contributed by atoms with E-state index in [1.165, 1.54) is 0 Å². The minimum atomic E-state index is -0.876. The van der Waals surface area contributed by atoms with Crippen LogP contribution in [0.1, 0.15) is 44.1 Å². The Hall–Kier alpha value is -2.24. The molecule has 142 valence electrons. The molecule has 6 nitrogen and oxygen atoms in total. The summed E-state index contributed by atoms with van der Waals surface area (Å²) in [5.74, 6) is 0.697. The summed E-state index contributed by atoms with van der Waals surface area (Å²) in [5, 5.41) is 9.57. The second-order valence-electron chi connectivity index (χ2n) is 7.19. The van der Waals surface area contributed by atoms with E-state index in [9.17, 15) is 14.7 Å². The molecule has 6 heteroatoms. The van der Waals surface area contributed by atoms with E-state index in [1.807, 2.05) is 18.2 Å². The van der Waals surface area contributed by atoms with Crippen molar-refractivity contribution >= 4 is 11.9 Å². The third-order valence-electron chi connectivity index (χ3n) is 5.74. The Morgan fingerprint density at radius 3 is 2.58 bits per heavy atom. The second kappa shape index (κ2) is 7.98. The molecule has 0 unspecified atom stereocenters. The Morgan fingerprint density at radius 1 is 1.15 bits per heavy atom. The number of hydrogen-bond donors (Lipinski definition) is 1. The Balaban J connectivity index is 1.69. The number of carbonyl (C=O) groups excluding carboxylic acids is 1. The molecule has 26 heavy (non-hydrogen) atoms. The van der Waals surface area contributed by atoms with Crippen LogP contribution in [0.4, 0.5) is 0 Å². The average molecular weight is 361 g/mol. The summed E-state index contributed by atoms with van der Waals surface area (Å²) in [6.45, 7) is 0. The first-order valence-corrected chi connectivity index (χ1v) is 9.30. The SMILES string of the molecule is COc1ccc(CCC(=O)N2[C@@H]3CCCC[C@H]3C[C@H]2C(=O)O)cc1OC. The summed E-state index contributed by atoms with van der Waals surface area (Å²) in [7, 11) is 3.17. The zero-order valence-electron chi connectivity index (χ0n) is 15.4. The predicted octanol–water partition coefficient (Wildman–Crippen LogP) is 2.88. The molecule has 1 amide bonds. The van der Waals surface area contributed by atoms with Gasteiger partial charge in [0.05, 0.1) is 14.2 Å². The molecule has 2 fully saturated rings. The quantitative estimate of drug-likeness (QED) is 0.843. The van der Waals surface area contributed by atoms with Crippen LogP contribution in [0.5, 0.6) is 11.5 Å². The van der Waals surface area contributed by atoms with Crippen molar-refractivity contribution in [2.45, 2.75) is 57.0 Å². The van der Waals surface area contributed by atoms with Crippen molar-refractivity contribution in [2.75, 3.05) is 14.2 Å². The van der Waals surface area contributed by atoms with Gasteiger partial charge in [-0.1, -0.05) is 18.9 Å². The van der Waals surface area contributed by atoms with Crippen molar-refractivity contribution in [3.05, 3.63) is 23.8 Å². The maximum Gasteiger partial charge on any atom is 0.326 e. The Labute approximate surface area is 154 Å². The summed E-state index contributed by atoms with van der Waals surface area (Å²) >= 11 is 0. The van der Waals surface area contributed by atoms with E-state index in [4.69, 9.17) is 9.47 Å². The molecule has 1 saturated heterocycles. The number of aliphatic carboxylic acids is 1. The van der Waals surface area contributed by atoms with Crippen LogP contribution in [0.25, 0.3) is 0 Å². The lowest BCUT2D eigenvalue weighted by atomic mass is 9.84. The molecule has 0 aromatic heterocycles. The van der Waals surface area contributed by atoms with E-state index in [-0.39, 0.29) is 11.9 Å². The number of carbonyl (C=O) groups is 2. The number of amides is 1. The third-order valence-corrected chi connectivity index (χ3v) is 5.74. The highest BCUT2D eigenvalue weighted by Crippen LogP contribution is 2.40. The van der Waals surface area contributed by atoms with E-state index >= 15 is 0 Å². The summed E-state index contributed by atoms with van der Waals surface area (Å²) in [5.41, 5.74) is 0.974. The fourth-order valence-electron chi connectivity index (χ4n) is 4.46. The van der Waals surface area contributed by atoms with Crippen LogP contribution in [0.3, 0.4) is 0 Å². The number of carboxylic acids is 1. The van der Waals surface area contributed by atoms with Gasteiger partial charge in [0.2, 0.25) is 5.91 Å². The van der Waals surface area contributed by atoms with Crippen LogP contribution in [0.15, 0.2) is 18.2 Å². The Morgan fingerprint density at radius 2 is 1.88 bits per heavy atom. The molecule has 2 aliphatic rings. The maximum atomic E-state index is 12.9. The van der Waals surface area contributed by atoms with Gasteiger partial charge < -0.3 is 19.5 Å². The van der Waals surface area contributed by atoms with Crippen LogP contribution in [0, 0.1) is 5.92 Å².